The van der Waals surface area contributed by atoms with Gasteiger partial charge in [-0.3, -0.25) is 4.98 Å². The summed E-state index contributed by atoms with van der Waals surface area (Å²) in [6, 6.07) is 4.04. The summed E-state index contributed by atoms with van der Waals surface area (Å²) >= 11 is 0. The minimum atomic E-state index is -3.12. The van der Waals surface area contributed by atoms with Crippen LogP contribution in [0.2, 0.25) is 0 Å². The Balaban J connectivity index is 1.77. The number of sulfonamides is 1. The summed E-state index contributed by atoms with van der Waals surface area (Å²) in [4.78, 5) is 6.37. The summed E-state index contributed by atoms with van der Waals surface area (Å²) < 4.78 is 26.4. The molecular formula is C15H25N3O2S. The number of rotatable bonds is 6. The Morgan fingerprint density at radius 2 is 1.90 bits per heavy atom. The first-order chi connectivity index (χ1) is 9.96. The fraction of sp³-hybridized carbons (Fsp3) is 0.667. The predicted octanol–water partition coefficient (Wildman–Crippen LogP) is 1.87. The van der Waals surface area contributed by atoms with E-state index >= 15 is 0 Å². The van der Waals surface area contributed by atoms with Crippen molar-refractivity contribution < 1.29 is 8.42 Å². The van der Waals surface area contributed by atoms with Gasteiger partial charge in [0.25, 0.3) is 0 Å². The summed E-state index contributed by atoms with van der Waals surface area (Å²) in [5, 5.41) is 0. The van der Waals surface area contributed by atoms with Crippen molar-refractivity contribution in [2.75, 3.05) is 30.3 Å². The molecule has 0 radical (unpaired) electrons. The second kappa shape index (κ2) is 7.22. The zero-order valence-electron chi connectivity index (χ0n) is 12.8. The molecule has 1 aliphatic rings. The van der Waals surface area contributed by atoms with Gasteiger partial charge in [-0.05, 0) is 36.8 Å². The van der Waals surface area contributed by atoms with Crippen LogP contribution >= 0.6 is 0 Å². The molecule has 1 fully saturated rings. The molecule has 0 aliphatic carbocycles. The molecule has 6 heteroatoms. The average molecular weight is 311 g/mol. The largest absolute Gasteiger partial charge is 0.371 e. The maximum atomic E-state index is 11.8. The lowest BCUT2D eigenvalue weighted by Crippen LogP contribution is -2.39. The lowest BCUT2D eigenvalue weighted by Gasteiger charge is -2.33. The molecule has 1 aromatic heterocycles. The topological polar surface area (TPSA) is 62.3 Å². The molecule has 1 aliphatic heterocycles. The number of anilines is 1. The standard InChI is InChI=1S/C15H25N3O2S/c1-13(2)12-21(19,20)17-11-14-5-9-18(10-6-14)15-3-7-16-8-4-15/h3-4,7-8,13-14,17H,5-6,9-12H2,1-2H3. The van der Waals surface area contributed by atoms with Gasteiger partial charge in [-0.25, -0.2) is 13.1 Å². The molecule has 2 heterocycles. The summed E-state index contributed by atoms with van der Waals surface area (Å²) in [6.07, 6.45) is 5.65. The van der Waals surface area contributed by atoms with Crippen LogP contribution in [0.5, 0.6) is 0 Å². The third-order valence-corrected chi connectivity index (χ3v) is 5.50. The quantitative estimate of drug-likeness (QED) is 0.871. The van der Waals surface area contributed by atoms with E-state index in [4.69, 9.17) is 0 Å². The molecule has 2 rings (SSSR count). The lowest BCUT2D eigenvalue weighted by molar-refractivity contribution is 0.401. The first-order valence-electron chi connectivity index (χ1n) is 7.58. The summed E-state index contributed by atoms with van der Waals surface area (Å²) in [5.41, 5.74) is 1.20. The van der Waals surface area contributed by atoms with Crippen LogP contribution in [0.1, 0.15) is 26.7 Å². The van der Waals surface area contributed by atoms with Crippen molar-refractivity contribution in [1.29, 1.82) is 0 Å². The van der Waals surface area contributed by atoms with E-state index in [1.807, 2.05) is 38.4 Å². The minimum Gasteiger partial charge on any atom is -0.371 e. The average Bonchev–Trinajstić information content (AvgIpc) is 2.45. The minimum absolute atomic E-state index is 0.163. The monoisotopic (exact) mass is 311 g/mol. The van der Waals surface area contributed by atoms with E-state index in [1.54, 1.807) is 0 Å². The summed E-state index contributed by atoms with van der Waals surface area (Å²) in [6.45, 7) is 6.36. The van der Waals surface area contributed by atoms with Crippen LogP contribution in [0.3, 0.4) is 0 Å². The number of nitrogens with one attached hydrogen (secondary N) is 1. The number of hydrogen-bond acceptors (Lipinski definition) is 4. The van der Waals surface area contributed by atoms with Crippen molar-refractivity contribution in [3.8, 4) is 0 Å². The number of piperidine rings is 1. The summed E-state index contributed by atoms with van der Waals surface area (Å²) in [5.74, 6) is 0.809. The molecule has 0 aromatic carbocycles. The van der Waals surface area contributed by atoms with Crippen molar-refractivity contribution in [1.82, 2.24) is 9.71 Å². The van der Waals surface area contributed by atoms with Crippen molar-refractivity contribution in [2.45, 2.75) is 26.7 Å². The van der Waals surface area contributed by atoms with E-state index in [9.17, 15) is 8.42 Å². The zero-order chi connectivity index (χ0) is 15.3. The van der Waals surface area contributed by atoms with Crippen LogP contribution in [-0.2, 0) is 10.0 Å². The van der Waals surface area contributed by atoms with Gasteiger partial charge >= 0.3 is 0 Å². The Morgan fingerprint density at radius 3 is 2.48 bits per heavy atom. The highest BCUT2D eigenvalue weighted by molar-refractivity contribution is 7.89. The van der Waals surface area contributed by atoms with Crippen molar-refractivity contribution in [2.24, 2.45) is 11.8 Å². The van der Waals surface area contributed by atoms with Crippen LogP contribution < -0.4 is 9.62 Å². The third-order valence-electron chi connectivity index (χ3n) is 3.79. The van der Waals surface area contributed by atoms with Crippen LogP contribution in [0.25, 0.3) is 0 Å². The number of hydrogen-bond donors (Lipinski definition) is 1. The first-order valence-corrected chi connectivity index (χ1v) is 9.24. The molecule has 1 N–H and O–H groups in total. The second-order valence-corrected chi connectivity index (χ2v) is 8.01. The highest BCUT2D eigenvalue weighted by Crippen LogP contribution is 2.22. The normalized spacial score (nSPS) is 17.4. The van der Waals surface area contributed by atoms with Gasteiger partial charge in [-0.1, -0.05) is 13.8 Å². The van der Waals surface area contributed by atoms with Gasteiger partial charge in [0.05, 0.1) is 5.75 Å². The van der Waals surface area contributed by atoms with Gasteiger partial charge < -0.3 is 4.90 Å². The maximum Gasteiger partial charge on any atom is 0.211 e. The van der Waals surface area contributed by atoms with E-state index in [2.05, 4.69) is 14.6 Å². The smallest absolute Gasteiger partial charge is 0.211 e. The van der Waals surface area contributed by atoms with Crippen LogP contribution in [0.15, 0.2) is 24.5 Å². The van der Waals surface area contributed by atoms with Crippen LogP contribution in [-0.4, -0.2) is 38.8 Å². The van der Waals surface area contributed by atoms with Crippen molar-refractivity contribution >= 4 is 15.7 Å². The first kappa shape index (κ1) is 16.2. The summed E-state index contributed by atoms with van der Waals surface area (Å²) in [7, 11) is -3.12. The Hall–Kier alpha value is -1.14. The van der Waals surface area contributed by atoms with E-state index in [-0.39, 0.29) is 11.7 Å². The number of nitrogens with zero attached hydrogens (tertiary/aromatic N) is 2. The SMILES string of the molecule is CC(C)CS(=O)(=O)NCC1CCN(c2ccncc2)CC1. The molecule has 0 saturated carbocycles. The van der Waals surface area contributed by atoms with E-state index in [1.165, 1.54) is 5.69 Å². The van der Waals surface area contributed by atoms with Crippen LogP contribution in [0, 0.1) is 11.8 Å². The molecule has 0 amide bonds. The predicted molar refractivity (Wildman–Crippen MR) is 85.8 cm³/mol. The molecular weight excluding hydrogens is 286 g/mol. The molecule has 0 spiro atoms. The number of aromatic nitrogens is 1. The Morgan fingerprint density at radius 1 is 1.29 bits per heavy atom. The fourth-order valence-corrected chi connectivity index (χ4v) is 4.18. The number of pyridine rings is 1. The highest BCUT2D eigenvalue weighted by Gasteiger charge is 2.21. The van der Waals surface area contributed by atoms with E-state index < -0.39 is 10.0 Å². The molecule has 0 unspecified atom stereocenters. The maximum absolute atomic E-state index is 11.8. The third kappa shape index (κ3) is 5.28. The van der Waals surface area contributed by atoms with Crippen LogP contribution in [0.4, 0.5) is 5.69 Å². The molecule has 5 nitrogen and oxygen atoms in total. The van der Waals surface area contributed by atoms with Gasteiger partial charge in [0.1, 0.15) is 0 Å². The van der Waals surface area contributed by atoms with Gasteiger partial charge in [-0.15, -0.1) is 0 Å². The Labute approximate surface area is 127 Å². The van der Waals surface area contributed by atoms with Gasteiger partial charge in [-0.2, -0.15) is 0 Å². The molecule has 1 aromatic rings. The van der Waals surface area contributed by atoms with Gasteiger partial charge in [0.2, 0.25) is 10.0 Å². The van der Waals surface area contributed by atoms with Gasteiger partial charge in [0.15, 0.2) is 0 Å². The fourth-order valence-electron chi connectivity index (χ4n) is 2.69. The Kier molecular flexibility index (Phi) is 5.58. The second-order valence-electron chi connectivity index (χ2n) is 6.16. The lowest BCUT2D eigenvalue weighted by atomic mass is 9.97. The van der Waals surface area contributed by atoms with E-state index in [0.717, 1.165) is 25.9 Å². The molecule has 21 heavy (non-hydrogen) atoms. The molecule has 0 bridgehead atoms. The van der Waals surface area contributed by atoms with E-state index in [0.29, 0.717) is 12.5 Å². The molecule has 0 atom stereocenters. The van der Waals surface area contributed by atoms with Crippen molar-refractivity contribution in [3.63, 3.8) is 0 Å². The Bertz CT molecular complexity index is 523. The molecule has 118 valence electrons. The highest BCUT2D eigenvalue weighted by atomic mass is 32.2. The zero-order valence-corrected chi connectivity index (χ0v) is 13.6. The van der Waals surface area contributed by atoms with Gasteiger partial charge in [0, 0.05) is 37.7 Å². The van der Waals surface area contributed by atoms with Crippen molar-refractivity contribution in [3.05, 3.63) is 24.5 Å². The molecule has 1 saturated heterocycles.